The Bertz CT molecular complexity index is 341. The topological polar surface area (TPSA) is 75.7 Å². The smallest absolute Gasteiger partial charge is 0.308 e. The molecule has 1 atom stereocenters. The Balaban J connectivity index is 2.57. The van der Waals surface area contributed by atoms with E-state index in [1.807, 2.05) is 13.8 Å². The summed E-state index contributed by atoms with van der Waals surface area (Å²) in [5.41, 5.74) is 0. The fraction of sp³-hybridized carbons (Fsp3) is 0.750. The summed E-state index contributed by atoms with van der Waals surface area (Å²) in [5, 5.41) is 2.65. The molecular weight excluding hydrogens is 236 g/mol. The van der Waals surface area contributed by atoms with Crippen LogP contribution in [-0.4, -0.2) is 48.4 Å². The number of hydrogen-bond donors (Lipinski definition) is 1. The molecule has 0 aromatic rings. The number of esters is 1. The summed E-state index contributed by atoms with van der Waals surface area (Å²) in [4.78, 5) is 36.1. The van der Waals surface area contributed by atoms with E-state index >= 15 is 0 Å². The van der Waals surface area contributed by atoms with Gasteiger partial charge in [0.1, 0.15) is 6.04 Å². The number of nitrogens with zero attached hydrogens (tertiary/aromatic N) is 1. The van der Waals surface area contributed by atoms with E-state index in [1.165, 1.54) is 11.8 Å². The molecule has 18 heavy (non-hydrogen) atoms. The highest BCUT2D eigenvalue weighted by atomic mass is 16.5. The molecular formula is C12H20N2O4. The Labute approximate surface area is 107 Å². The maximum Gasteiger partial charge on any atom is 0.308 e. The van der Waals surface area contributed by atoms with E-state index in [9.17, 15) is 14.4 Å². The molecule has 0 radical (unpaired) electrons. The van der Waals surface area contributed by atoms with Gasteiger partial charge in [0.15, 0.2) is 0 Å². The molecule has 0 bridgehead atoms. The van der Waals surface area contributed by atoms with Crippen molar-refractivity contribution < 1.29 is 19.1 Å². The van der Waals surface area contributed by atoms with Gasteiger partial charge >= 0.3 is 5.97 Å². The Morgan fingerprint density at radius 2 is 2.17 bits per heavy atom. The van der Waals surface area contributed by atoms with Gasteiger partial charge < -0.3 is 15.0 Å². The molecule has 0 aromatic carbocycles. The van der Waals surface area contributed by atoms with Crippen LogP contribution in [0.25, 0.3) is 0 Å². The van der Waals surface area contributed by atoms with Crippen molar-refractivity contribution in [1.82, 2.24) is 10.2 Å². The number of ether oxygens (including phenoxy) is 1. The molecule has 6 heteroatoms. The van der Waals surface area contributed by atoms with Crippen molar-refractivity contribution in [2.45, 2.75) is 33.2 Å². The molecule has 1 saturated heterocycles. The van der Waals surface area contributed by atoms with Crippen molar-refractivity contribution >= 4 is 17.8 Å². The number of carbonyl (C=O) groups excluding carboxylic acids is 3. The monoisotopic (exact) mass is 256 g/mol. The average Bonchev–Trinajstić information content (AvgIpc) is 2.28. The number of piperazine rings is 1. The largest absolute Gasteiger partial charge is 0.465 e. The lowest BCUT2D eigenvalue weighted by Crippen LogP contribution is -2.57. The van der Waals surface area contributed by atoms with Gasteiger partial charge in [-0.05, 0) is 5.92 Å². The van der Waals surface area contributed by atoms with Crippen LogP contribution in [-0.2, 0) is 19.1 Å². The Kier molecular flexibility index (Phi) is 5.12. The molecule has 1 aliphatic heterocycles. The average molecular weight is 256 g/mol. The van der Waals surface area contributed by atoms with Crippen LogP contribution in [0.2, 0.25) is 0 Å². The van der Waals surface area contributed by atoms with Gasteiger partial charge in [-0.15, -0.1) is 0 Å². The van der Waals surface area contributed by atoms with Crippen LogP contribution >= 0.6 is 0 Å². The highest BCUT2D eigenvalue weighted by Crippen LogP contribution is 2.10. The maximum absolute atomic E-state index is 11.7. The second kappa shape index (κ2) is 6.37. The van der Waals surface area contributed by atoms with Crippen LogP contribution in [0.1, 0.15) is 27.2 Å². The zero-order chi connectivity index (χ0) is 13.7. The van der Waals surface area contributed by atoms with Crippen LogP contribution in [0.3, 0.4) is 0 Å². The lowest BCUT2D eigenvalue weighted by Gasteiger charge is -2.33. The first-order valence-corrected chi connectivity index (χ1v) is 6.12. The first kappa shape index (κ1) is 14.5. The van der Waals surface area contributed by atoms with E-state index in [0.29, 0.717) is 19.7 Å². The van der Waals surface area contributed by atoms with Gasteiger partial charge in [0.2, 0.25) is 11.8 Å². The van der Waals surface area contributed by atoms with Crippen molar-refractivity contribution in [1.29, 1.82) is 0 Å². The van der Waals surface area contributed by atoms with E-state index in [-0.39, 0.29) is 24.2 Å². The third kappa shape index (κ3) is 4.01. The van der Waals surface area contributed by atoms with Gasteiger partial charge in [-0.1, -0.05) is 13.8 Å². The lowest BCUT2D eigenvalue weighted by atomic mass is 10.1. The van der Waals surface area contributed by atoms with E-state index < -0.39 is 12.0 Å². The van der Waals surface area contributed by atoms with E-state index in [1.54, 1.807) is 0 Å². The van der Waals surface area contributed by atoms with E-state index in [4.69, 9.17) is 4.74 Å². The van der Waals surface area contributed by atoms with Crippen LogP contribution in [0.4, 0.5) is 0 Å². The van der Waals surface area contributed by atoms with Gasteiger partial charge in [0.25, 0.3) is 0 Å². The predicted octanol–water partition coefficient (Wildman–Crippen LogP) is -0.0774. The van der Waals surface area contributed by atoms with Gasteiger partial charge in [0, 0.05) is 20.0 Å². The highest BCUT2D eigenvalue weighted by molar-refractivity contribution is 5.91. The number of nitrogens with one attached hydrogen (secondary N) is 1. The summed E-state index contributed by atoms with van der Waals surface area (Å²) in [6.45, 7) is 6.45. The molecule has 102 valence electrons. The van der Waals surface area contributed by atoms with E-state index in [0.717, 1.165) is 0 Å². The van der Waals surface area contributed by atoms with Crippen molar-refractivity contribution in [2.24, 2.45) is 5.92 Å². The van der Waals surface area contributed by atoms with Gasteiger partial charge in [0.05, 0.1) is 13.0 Å². The van der Waals surface area contributed by atoms with Gasteiger partial charge in [-0.25, -0.2) is 0 Å². The molecule has 0 saturated carbocycles. The molecule has 0 unspecified atom stereocenters. The quantitative estimate of drug-likeness (QED) is 0.714. The SMILES string of the molecule is CC(=O)N1CCNC(=O)[C@@H]1CC(=O)OCC(C)C. The number of amides is 2. The van der Waals surface area contributed by atoms with Crippen LogP contribution < -0.4 is 5.32 Å². The van der Waals surface area contributed by atoms with Crippen LogP contribution in [0.15, 0.2) is 0 Å². The predicted molar refractivity (Wildman–Crippen MR) is 64.6 cm³/mol. The summed E-state index contributed by atoms with van der Waals surface area (Å²) in [6, 6.07) is -0.740. The number of hydrogen-bond acceptors (Lipinski definition) is 4. The fourth-order valence-electron chi connectivity index (χ4n) is 1.77. The fourth-order valence-corrected chi connectivity index (χ4v) is 1.77. The third-order valence-electron chi connectivity index (χ3n) is 2.67. The van der Waals surface area contributed by atoms with Crippen LogP contribution in [0, 0.1) is 5.92 Å². The normalized spacial score (nSPS) is 19.7. The minimum absolute atomic E-state index is 0.0852. The molecule has 0 aliphatic carbocycles. The van der Waals surface area contributed by atoms with E-state index in [2.05, 4.69) is 5.32 Å². The molecule has 1 N–H and O–H groups in total. The Hall–Kier alpha value is -1.59. The molecule has 2 amide bonds. The van der Waals surface area contributed by atoms with Crippen molar-refractivity contribution in [3.63, 3.8) is 0 Å². The Morgan fingerprint density at radius 1 is 1.50 bits per heavy atom. The minimum Gasteiger partial charge on any atom is -0.465 e. The highest BCUT2D eigenvalue weighted by Gasteiger charge is 2.33. The molecule has 1 aliphatic rings. The van der Waals surface area contributed by atoms with Gasteiger partial charge in [-0.2, -0.15) is 0 Å². The number of carbonyl (C=O) groups is 3. The minimum atomic E-state index is -0.740. The lowest BCUT2D eigenvalue weighted by molar-refractivity contribution is -0.152. The van der Waals surface area contributed by atoms with Crippen molar-refractivity contribution in [3.05, 3.63) is 0 Å². The molecule has 1 heterocycles. The molecule has 1 rings (SSSR count). The van der Waals surface area contributed by atoms with Crippen molar-refractivity contribution in [3.8, 4) is 0 Å². The summed E-state index contributed by atoms with van der Waals surface area (Å²) in [6.07, 6.45) is -0.0852. The zero-order valence-electron chi connectivity index (χ0n) is 11.1. The molecule has 0 aromatic heterocycles. The second-order valence-electron chi connectivity index (χ2n) is 4.80. The first-order valence-electron chi connectivity index (χ1n) is 6.12. The maximum atomic E-state index is 11.7. The summed E-state index contributed by atoms with van der Waals surface area (Å²) in [7, 11) is 0. The molecule has 0 spiro atoms. The van der Waals surface area contributed by atoms with Gasteiger partial charge in [-0.3, -0.25) is 14.4 Å². The Morgan fingerprint density at radius 3 is 2.72 bits per heavy atom. The van der Waals surface area contributed by atoms with Crippen molar-refractivity contribution in [2.75, 3.05) is 19.7 Å². The number of rotatable bonds is 4. The second-order valence-corrected chi connectivity index (χ2v) is 4.80. The first-order chi connectivity index (χ1) is 8.41. The third-order valence-corrected chi connectivity index (χ3v) is 2.67. The molecule has 1 fully saturated rings. The van der Waals surface area contributed by atoms with Crippen LogP contribution in [0.5, 0.6) is 0 Å². The zero-order valence-corrected chi connectivity index (χ0v) is 11.1. The summed E-state index contributed by atoms with van der Waals surface area (Å²) in [5.74, 6) is -0.695. The summed E-state index contributed by atoms with van der Waals surface area (Å²) >= 11 is 0. The molecule has 6 nitrogen and oxygen atoms in total. The summed E-state index contributed by atoms with van der Waals surface area (Å²) < 4.78 is 5.03. The standard InChI is InChI=1S/C12H20N2O4/c1-8(2)7-18-11(16)6-10-12(17)13-4-5-14(10)9(3)15/h8,10H,4-7H2,1-3H3,(H,13,17)/t10-/m0/s1.